The summed E-state index contributed by atoms with van der Waals surface area (Å²) in [4.78, 5) is 16.3. The van der Waals surface area contributed by atoms with Crippen molar-refractivity contribution in [2.24, 2.45) is 0 Å². The Bertz CT molecular complexity index is 797. The van der Waals surface area contributed by atoms with Crippen molar-refractivity contribution >= 4 is 22.0 Å². The summed E-state index contributed by atoms with van der Waals surface area (Å²) >= 11 is 0. The van der Waals surface area contributed by atoms with Crippen LogP contribution in [0.3, 0.4) is 0 Å². The first kappa shape index (κ1) is 11.0. The largest absolute Gasteiger partial charge is 0.421 e. The van der Waals surface area contributed by atoms with Crippen LogP contribution in [0.15, 0.2) is 33.5 Å². The minimum Gasteiger partial charge on any atom is -0.421 e. The van der Waals surface area contributed by atoms with E-state index in [4.69, 9.17) is 4.42 Å². The molecular weight excluding hydrogens is 228 g/mol. The molecule has 2 aromatic heterocycles. The SMILES string of the molecule is Cc1nc2c(=O)oc3ccccc3c2n1C(C)C. The van der Waals surface area contributed by atoms with Gasteiger partial charge in [0, 0.05) is 11.4 Å². The summed E-state index contributed by atoms with van der Waals surface area (Å²) in [7, 11) is 0. The number of nitrogens with zero attached hydrogens (tertiary/aromatic N) is 2. The second-order valence-electron chi connectivity index (χ2n) is 4.71. The number of benzene rings is 1. The van der Waals surface area contributed by atoms with Crippen LogP contribution in [0, 0.1) is 6.92 Å². The minimum atomic E-state index is -0.369. The Morgan fingerprint density at radius 3 is 2.72 bits per heavy atom. The molecule has 4 heteroatoms. The maximum absolute atomic E-state index is 11.9. The molecule has 0 aliphatic carbocycles. The van der Waals surface area contributed by atoms with E-state index in [1.807, 2.05) is 31.2 Å². The third-order valence-electron chi connectivity index (χ3n) is 3.14. The van der Waals surface area contributed by atoms with Crippen LogP contribution in [-0.4, -0.2) is 9.55 Å². The highest BCUT2D eigenvalue weighted by atomic mass is 16.4. The molecular formula is C14H14N2O2. The number of aromatic nitrogens is 2. The molecule has 0 bridgehead atoms. The standard InChI is InChI=1S/C14H14N2O2/c1-8(2)16-9(3)15-12-13(16)10-6-4-5-7-11(10)18-14(12)17/h4-8H,1-3H3. The fraction of sp³-hybridized carbons (Fsp3) is 0.286. The summed E-state index contributed by atoms with van der Waals surface area (Å²) in [6, 6.07) is 7.82. The maximum Gasteiger partial charge on any atom is 0.364 e. The number of fused-ring (bicyclic) bond motifs is 3. The van der Waals surface area contributed by atoms with Gasteiger partial charge in [0.1, 0.15) is 11.4 Å². The van der Waals surface area contributed by atoms with Gasteiger partial charge in [0.15, 0.2) is 5.52 Å². The van der Waals surface area contributed by atoms with E-state index in [1.54, 1.807) is 0 Å². The molecule has 1 aromatic carbocycles. The summed E-state index contributed by atoms with van der Waals surface area (Å²) in [5, 5.41) is 0.932. The molecule has 18 heavy (non-hydrogen) atoms. The van der Waals surface area contributed by atoms with E-state index >= 15 is 0 Å². The summed E-state index contributed by atoms with van der Waals surface area (Å²) in [6.07, 6.45) is 0. The van der Waals surface area contributed by atoms with Crippen LogP contribution in [0.5, 0.6) is 0 Å². The molecule has 0 atom stereocenters. The summed E-state index contributed by atoms with van der Waals surface area (Å²) < 4.78 is 7.37. The number of para-hydroxylation sites is 1. The van der Waals surface area contributed by atoms with Gasteiger partial charge in [0.2, 0.25) is 0 Å². The van der Waals surface area contributed by atoms with E-state index in [-0.39, 0.29) is 11.7 Å². The van der Waals surface area contributed by atoms with Crippen LogP contribution in [0.2, 0.25) is 0 Å². The average molecular weight is 242 g/mol. The first-order valence-corrected chi connectivity index (χ1v) is 6.00. The van der Waals surface area contributed by atoms with Crippen molar-refractivity contribution in [3.63, 3.8) is 0 Å². The van der Waals surface area contributed by atoms with Crippen molar-refractivity contribution < 1.29 is 4.42 Å². The van der Waals surface area contributed by atoms with E-state index in [0.29, 0.717) is 11.1 Å². The number of rotatable bonds is 1. The third kappa shape index (κ3) is 1.38. The fourth-order valence-electron chi connectivity index (χ4n) is 2.48. The first-order valence-electron chi connectivity index (χ1n) is 6.00. The Hall–Kier alpha value is -2.10. The van der Waals surface area contributed by atoms with Crippen molar-refractivity contribution in [1.29, 1.82) is 0 Å². The highest BCUT2D eigenvalue weighted by molar-refractivity contribution is 6.01. The Morgan fingerprint density at radius 1 is 1.28 bits per heavy atom. The number of imidazole rings is 1. The molecule has 0 radical (unpaired) electrons. The van der Waals surface area contributed by atoms with Gasteiger partial charge in [-0.3, -0.25) is 0 Å². The molecule has 0 unspecified atom stereocenters. The lowest BCUT2D eigenvalue weighted by molar-refractivity contribution is 0.567. The monoisotopic (exact) mass is 242 g/mol. The fourth-order valence-corrected chi connectivity index (χ4v) is 2.48. The molecule has 0 aliphatic heterocycles. The Kier molecular flexibility index (Phi) is 2.26. The summed E-state index contributed by atoms with van der Waals surface area (Å²) in [5.41, 5.74) is 1.53. The molecule has 4 nitrogen and oxygen atoms in total. The van der Waals surface area contributed by atoms with Crippen LogP contribution in [-0.2, 0) is 0 Å². The van der Waals surface area contributed by atoms with E-state index in [2.05, 4.69) is 23.4 Å². The zero-order valence-corrected chi connectivity index (χ0v) is 10.6. The van der Waals surface area contributed by atoms with Crippen molar-refractivity contribution in [3.8, 4) is 0 Å². The highest BCUT2D eigenvalue weighted by Gasteiger charge is 2.17. The van der Waals surface area contributed by atoms with E-state index in [9.17, 15) is 4.79 Å². The van der Waals surface area contributed by atoms with Crippen LogP contribution >= 0.6 is 0 Å². The van der Waals surface area contributed by atoms with Gasteiger partial charge in [-0.2, -0.15) is 0 Å². The van der Waals surface area contributed by atoms with Gasteiger partial charge in [-0.05, 0) is 32.9 Å². The number of hydrogen-bond donors (Lipinski definition) is 0. The molecule has 0 saturated heterocycles. The molecule has 0 fully saturated rings. The van der Waals surface area contributed by atoms with E-state index in [0.717, 1.165) is 16.7 Å². The Labute approximate surface area is 104 Å². The van der Waals surface area contributed by atoms with Crippen molar-refractivity contribution in [2.75, 3.05) is 0 Å². The molecule has 2 heterocycles. The smallest absolute Gasteiger partial charge is 0.364 e. The lowest BCUT2D eigenvalue weighted by Crippen LogP contribution is -2.05. The Morgan fingerprint density at radius 2 is 2.00 bits per heavy atom. The lowest BCUT2D eigenvalue weighted by Gasteiger charge is -2.11. The molecule has 0 saturated carbocycles. The van der Waals surface area contributed by atoms with Crippen molar-refractivity contribution in [3.05, 3.63) is 40.5 Å². The molecule has 0 N–H and O–H groups in total. The van der Waals surface area contributed by atoms with Crippen LogP contribution in [0.1, 0.15) is 25.7 Å². The minimum absolute atomic E-state index is 0.250. The van der Waals surface area contributed by atoms with Gasteiger partial charge in [0.05, 0.1) is 5.52 Å². The topological polar surface area (TPSA) is 48.0 Å². The zero-order chi connectivity index (χ0) is 12.9. The highest BCUT2D eigenvalue weighted by Crippen LogP contribution is 2.26. The summed E-state index contributed by atoms with van der Waals surface area (Å²) in [6.45, 7) is 6.07. The second kappa shape index (κ2) is 3.70. The molecule has 0 amide bonds. The van der Waals surface area contributed by atoms with Crippen molar-refractivity contribution in [2.45, 2.75) is 26.8 Å². The maximum atomic E-state index is 11.9. The van der Waals surface area contributed by atoms with Gasteiger partial charge < -0.3 is 8.98 Å². The van der Waals surface area contributed by atoms with Gasteiger partial charge in [0.25, 0.3) is 0 Å². The van der Waals surface area contributed by atoms with Gasteiger partial charge >= 0.3 is 5.63 Å². The molecule has 0 aliphatic rings. The number of aryl methyl sites for hydroxylation is 1. The van der Waals surface area contributed by atoms with E-state index in [1.165, 1.54) is 0 Å². The predicted octanol–water partition coefficient (Wildman–Crippen LogP) is 3.03. The third-order valence-corrected chi connectivity index (χ3v) is 3.14. The molecule has 3 aromatic rings. The van der Waals surface area contributed by atoms with Crippen LogP contribution < -0.4 is 5.63 Å². The Balaban J connectivity index is 2.64. The first-order chi connectivity index (χ1) is 8.59. The average Bonchev–Trinajstić information content (AvgIpc) is 2.67. The zero-order valence-electron chi connectivity index (χ0n) is 10.6. The molecule has 3 rings (SSSR count). The molecule has 92 valence electrons. The lowest BCUT2D eigenvalue weighted by atomic mass is 10.2. The van der Waals surface area contributed by atoms with Crippen LogP contribution in [0.4, 0.5) is 0 Å². The quantitative estimate of drug-likeness (QED) is 0.616. The second-order valence-corrected chi connectivity index (χ2v) is 4.71. The van der Waals surface area contributed by atoms with Crippen molar-refractivity contribution in [1.82, 2.24) is 9.55 Å². The normalized spacial score (nSPS) is 11.8. The number of hydrogen-bond acceptors (Lipinski definition) is 3. The van der Waals surface area contributed by atoms with Crippen LogP contribution in [0.25, 0.3) is 22.0 Å². The van der Waals surface area contributed by atoms with Gasteiger partial charge in [-0.15, -0.1) is 0 Å². The van der Waals surface area contributed by atoms with Gasteiger partial charge in [-0.1, -0.05) is 12.1 Å². The molecule has 0 spiro atoms. The summed E-state index contributed by atoms with van der Waals surface area (Å²) in [5.74, 6) is 0.837. The van der Waals surface area contributed by atoms with E-state index < -0.39 is 0 Å². The predicted molar refractivity (Wildman–Crippen MR) is 70.9 cm³/mol. The van der Waals surface area contributed by atoms with Gasteiger partial charge in [-0.25, -0.2) is 9.78 Å².